The number of nitrogens with one attached hydrogen (secondary N) is 2. The Hall–Kier alpha value is -1.94. The number of carbonyl (C=O) groups is 1. The molecule has 0 atom stereocenters. The summed E-state index contributed by atoms with van der Waals surface area (Å²) in [4.78, 5) is 12.5. The Morgan fingerprint density at radius 1 is 1.20 bits per heavy atom. The number of thioether (sulfide) groups is 1. The van der Waals surface area contributed by atoms with Gasteiger partial charge in [-0.3, -0.25) is 4.79 Å². The van der Waals surface area contributed by atoms with Crippen molar-refractivity contribution in [3.63, 3.8) is 0 Å². The monoisotopic (exact) mass is 284 g/mol. The van der Waals surface area contributed by atoms with Gasteiger partial charge in [0.05, 0.1) is 11.4 Å². The fourth-order valence-electron chi connectivity index (χ4n) is 2.10. The molecular weight excluding hydrogens is 268 g/mol. The van der Waals surface area contributed by atoms with Gasteiger partial charge in [-0.25, -0.2) is 0 Å². The summed E-state index contributed by atoms with van der Waals surface area (Å²) in [5.41, 5.74) is 4.43. The van der Waals surface area contributed by atoms with E-state index in [1.165, 1.54) is 11.1 Å². The van der Waals surface area contributed by atoms with Gasteiger partial charge in [-0.15, -0.1) is 11.8 Å². The van der Waals surface area contributed by atoms with E-state index in [4.69, 9.17) is 0 Å². The van der Waals surface area contributed by atoms with Crippen LogP contribution < -0.4 is 10.6 Å². The minimum absolute atomic E-state index is 0.0678. The van der Waals surface area contributed by atoms with E-state index >= 15 is 0 Å². The first-order valence-electron chi connectivity index (χ1n) is 6.57. The third-order valence-corrected chi connectivity index (χ3v) is 4.30. The van der Waals surface area contributed by atoms with Crippen LogP contribution in [0.2, 0.25) is 0 Å². The smallest absolute Gasteiger partial charge is 0.234 e. The first-order chi connectivity index (χ1) is 9.70. The van der Waals surface area contributed by atoms with Gasteiger partial charge in [-0.05, 0) is 30.7 Å². The van der Waals surface area contributed by atoms with Crippen LogP contribution in [0.25, 0.3) is 0 Å². The first kappa shape index (κ1) is 13.1. The number of aryl methyl sites for hydroxylation is 1. The quantitative estimate of drug-likeness (QED) is 0.904. The maximum atomic E-state index is 11.4. The largest absolute Gasteiger partial charge is 0.381 e. The highest BCUT2D eigenvalue weighted by atomic mass is 32.2. The fraction of sp³-hybridized carbons (Fsp3) is 0.188. The van der Waals surface area contributed by atoms with Crippen LogP contribution in [0.3, 0.4) is 0 Å². The van der Waals surface area contributed by atoms with Crippen LogP contribution >= 0.6 is 11.8 Å². The zero-order chi connectivity index (χ0) is 13.9. The third kappa shape index (κ3) is 2.96. The molecule has 20 heavy (non-hydrogen) atoms. The molecule has 0 unspecified atom stereocenters. The van der Waals surface area contributed by atoms with Crippen LogP contribution in [0, 0.1) is 6.92 Å². The second-order valence-corrected chi connectivity index (χ2v) is 5.90. The van der Waals surface area contributed by atoms with Gasteiger partial charge < -0.3 is 10.6 Å². The number of rotatable bonds is 3. The number of amides is 1. The van der Waals surface area contributed by atoms with Crippen LogP contribution in [0.4, 0.5) is 11.4 Å². The number of hydrogen-bond donors (Lipinski definition) is 2. The topological polar surface area (TPSA) is 41.1 Å². The Bertz CT molecular complexity index is 637. The van der Waals surface area contributed by atoms with E-state index in [0.29, 0.717) is 5.75 Å². The summed E-state index contributed by atoms with van der Waals surface area (Å²) in [6.45, 7) is 2.86. The molecule has 0 bridgehead atoms. The molecule has 1 aliphatic rings. The van der Waals surface area contributed by atoms with Crippen molar-refractivity contribution in [2.45, 2.75) is 18.4 Å². The van der Waals surface area contributed by atoms with Gasteiger partial charge in [-0.2, -0.15) is 0 Å². The summed E-state index contributed by atoms with van der Waals surface area (Å²) >= 11 is 1.58. The summed E-state index contributed by atoms with van der Waals surface area (Å²) in [5.74, 6) is 0.571. The van der Waals surface area contributed by atoms with E-state index in [-0.39, 0.29) is 5.91 Å². The molecular formula is C16H16N2OS. The normalized spacial score (nSPS) is 13.6. The van der Waals surface area contributed by atoms with Gasteiger partial charge in [0.1, 0.15) is 0 Å². The lowest BCUT2D eigenvalue weighted by Gasteiger charge is -2.17. The lowest BCUT2D eigenvalue weighted by molar-refractivity contribution is -0.113. The summed E-state index contributed by atoms with van der Waals surface area (Å²) in [7, 11) is 0. The molecule has 0 radical (unpaired) electrons. The molecule has 0 fully saturated rings. The number of benzene rings is 2. The molecule has 0 spiro atoms. The minimum atomic E-state index is 0.0678. The van der Waals surface area contributed by atoms with Crippen molar-refractivity contribution in [2.24, 2.45) is 0 Å². The van der Waals surface area contributed by atoms with Gasteiger partial charge in [-0.1, -0.05) is 29.8 Å². The highest BCUT2D eigenvalue weighted by Crippen LogP contribution is 2.33. The molecule has 1 aliphatic heterocycles. The summed E-state index contributed by atoms with van der Waals surface area (Å²) < 4.78 is 0. The average Bonchev–Trinajstić information content (AvgIpc) is 2.46. The van der Waals surface area contributed by atoms with Crippen LogP contribution in [0.15, 0.2) is 47.4 Å². The average molecular weight is 284 g/mol. The summed E-state index contributed by atoms with van der Waals surface area (Å²) in [6.07, 6.45) is 0. The zero-order valence-electron chi connectivity index (χ0n) is 11.3. The molecule has 0 saturated carbocycles. The molecule has 2 aromatic rings. The highest BCUT2D eigenvalue weighted by Gasteiger charge is 2.15. The standard InChI is InChI=1S/C16H16N2OS/c1-11-2-4-12(5-3-11)9-17-13-6-7-15-14(8-13)18-16(19)10-20-15/h2-8,17H,9-10H2,1H3,(H,18,19). The molecule has 0 aliphatic carbocycles. The number of carbonyl (C=O) groups excluding carboxylic acids is 1. The van der Waals surface area contributed by atoms with Crippen LogP contribution in [-0.2, 0) is 11.3 Å². The van der Waals surface area contributed by atoms with E-state index in [0.717, 1.165) is 22.8 Å². The molecule has 102 valence electrons. The molecule has 2 aromatic carbocycles. The molecule has 0 saturated heterocycles. The number of hydrogen-bond acceptors (Lipinski definition) is 3. The Kier molecular flexibility index (Phi) is 3.65. The second kappa shape index (κ2) is 5.59. The molecule has 1 amide bonds. The van der Waals surface area contributed by atoms with Gasteiger partial charge in [0.25, 0.3) is 0 Å². The Balaban J connectivity index is 1.70. The number of anilines is 2. The minimum Gasteiger partial charge on any atom is -0.381 e. The van der Waals surface area contributed by atoms with E-state index < -0.39 is 0 Å². The summed E-state index contributed by atoms with van der Waals surface area (Å²) in [6, 6.07) is 14.6. The predicted octanol–water partition coefficient (Wildman–Crippen LogP) is 3.65. The summed E-state index contributed by atoms with van der Waals surface area (Å²) in [5, 5.41) is 6.29. The van der Waals surface area contributed by atoms with Crippen LogP contribution in [0.1, 0.15) is 11.1 Å². The van der Waals surface area contributed by atoms with E-state index in [2.05, 4.69) is 54.0 Å². The van der Waals surface area contributed by atoms with Crippen molar-refractivity contribution in [3.8, 4) is 0 Å². The lowest BCUT2D eigenvalue weighted by atomic mass is 10.1. The van der Waals surface area contributed by atoms with Gasteiger partial charge in [0.15, 0.2) is 0 Å². The van der Waals surface area contributed by atoms with Crippen molar-refractivity contribution < 1.29 is 4.79 Å². The Labute approximate surface area is 122 Å². The molecule has 3 rings (SSSR count). The molecule has 0 aromatic heterocycles. The highest BCUT2D eigenvalue weighted by molar-refractivity contribution is 8.00. The van der Waals surface area contributed by atoms with Crippen molar-refractivity contribution in [1.82, 2.24) is 0 Å². The zero-order valence-corrected chi connectivity index (χ0v) is 12.1. The van der Waals surface area contributed by atoms with E-state index in [1.54, 1.807) is 11.8 Å². The first-order valence-corrected chi connectivity index (χ1v) is 7.55. The fourth-order valence-corrected chi connectivity index (χ4v) is 2.89. The molecule has 2 N–H and O–H groups in total. The predicted molar refractivity (Wildman–Crippen MR) is 84.3 cm³/mol. The van der Waals surface area contributed by atoms with E-state index in [9.17, 15) is 4.79 Å². The SMILES string of the molecule is Cc1ccc(CNc2ccc3c(c2)NC(=O)CS3)cc1. The molecule has 3 nitrogen and oxygen atoms in total. The van der Waals surface area contributed by atoms with Gasteiger partial charge in [0.2, 0.25) is 5.91 Å². The van der Waals surface area contributed by atoms with Crippen LogP contribution in [-0.4, -0.2) is 11.7 Å². The molecule has 4 heteroatoms. The van der Waals surface area contributed by atoms with Crippen molar-refractivity contribution >= 4 is 29.0 Å². The van der Waals surface area contributed by atoms with E-state index in [1.807, 2.05) is 6.07 Å². The Morgan fingerprint density at radius 2 is 2.00 bits per heavy atom. The maximum Gasteiger partial charge on any atom is 0.234 e. The van der Waals surface area contributed by atoms with Gasteiger partial charge >= 0.3 is 0 Å². The maximum absolute atomic E-state index is 11.4. The third-order valence-electron chi connectivity index (χ3n) is 3.23. The van der Waals surface area contributed by atoms with Crippen molar-refractivity contribution in [1.29, 1.82) is 0 Å². The molecule has 1 heterocycles. The number of fused-ring (bicyclic) bond motifs is 1. The van der Waals surface area contributed by atoms with Crippen molar-refractivity contribution in [3.05, 3.63) is 53.6 Å². The Morgan fingerprint density at radius 3 is 2.80 bits per heavy atom. The van der Waals surface area contributed by atoms with Crippen LogP contribution in [0.5, 0.6) is 0 Å². The van der Waals surface area contributed by atoms with Crippen molar-refractivity contribution in [2.75, 3.05) is 16.4 Å². The van der Waals surface area contributed by atoms with Gasteiger partial charge in [0, 0.05) is 17.1 Å². The second-order valence-electron chi connectivity index (χ2n) is 4.89. The lowest BCUT2D eigenvalue weighted by Crippen LogP contribution is -2.18.